The summed E-state index contributed by atoms with van der Waals surface area (Å²) in [5, 5.41) is 9.76. The SMILES string of the molecule is Cc1nc(NCCN2CCCCCC2)cc2n[nH]c(=O)n12. The molecule has 0 atom stereocenters. The van der Waals surface area contributed by atoms with Crippen molar-refractivity contribution in [2.75, 3.05) is 31.5 Å². The third-order valence-corrected chi connectivity index (χ3v) is 4.00. The lowest BCUT2D eigenvalue weighted by atomic mass is 10.2. The first-order chi connectivity index (χ1) is 10.2. The molecule has 2 aromatic heterocycles. The predicted molar refractivity (Wildman–Crippen MR) is 81.7 cm³/mol. The van der Waals surface area contributed by atoms with Crippen LogP contribution in [0.3, 0.4) is 0 Å². The molecule has 1 aliphatic rings. The van der Waals surface area contributed by atoms with Gasteiger partial charge >= 0.3 is 5.69 Å². The Hall–Kier alpha value is -1.89. The van der Waals surface area contributed by atoms with Gasteiger partial charge in [0.2, 0.25) is 0 Å². The van der Waals surface area contributed by atoms with Gasteiger partial charge in [0.15, 0.2) is 5.65 Å². The highest BCUT2D eigenvalue weighted by Crippen LogP contribution is 2.10. The predicted octanol–water partition coefficient (Wildman–Crippen LogP) is 1.01. The van der Waals surface area contributed by atoms with Crippen molar-refractivity contribution < 1.29 is 0 Å². The Morgan fingerprint density at radius 3 is 2.81 bits per heavy atom. The summed E-state index contributed by atoms with van der Waals surface area (Å²) in [4.78, 5) is 18.5. The molecule has 3 heterocycles. The molecule has 0 amide bonds. The minimum atomic E-state index is -0.244. The molecule has 114 valence electrons. The van der Waals surface area contributed by atoms with Crippen LogP contribution in [-0.4, -0.2) is 50.7 Å². The highest BCUT2D eigenvalue weighted by molar-refractivity contribution is 5.49. The van der Waals surface area contributed by atoms with E-state index in [1.165, 1.54) is 43.2 Å². The number of hydrogen-bond acceptors (Lipinski definition) is 5. The van der Waals surface area contributed by atoms with E-state index < -0.39 is 0 Å². The second kappa shape index (κ2) is 6.26. The van der Waals surface area contributed by atoms with E-state index in [4.69, 9.17) is 0 Å². The van der Waals surface area contributed by atoms with Crippen LogP contribution in [0, 0.1) is 6.92 Å². The van der Waals surface area contributed by atoms with E-state index in [0.29, 0.717) is 11.5 Å². The van der Waals surface area contributed by atoms with Gasteiger partial charge in [0.1, 0.15) is 11.6 Å². The van der Waals surface area contributed by atoms with E-state index in [9.17, 15) is 4.79 Å². The molecule has 1 fully saturated rings. The molecular weight excluding hydrogens is 268 g/mol. The van der Waals surface area contributed by atoms with Gasteiger partial charge in [-0.1, -0.05) is 12.8 Å². The summed E-state index contributed by atoms with van der Waals surface area (Å²) in [6, 6.07) is 1.80. The van der Waals surface area contributed by atoms with Crippen molar-refractivity contribution in [3.05, 3.63) is 22.4 Å². The van der Waals surface area contributed by atoms with E-state index >= 15 is 0 Å². The minimum Gasteiger partial charge on any atom is -0.369 e. The number of fused-ring (bicyclic) bond motifs is 1. The van der Waals surface area contributed by atoms with Gasteiger partial charge in [-0.15, -0.1) is 0 Å². The third kappa shape index (κ3) is 3.24. The van der Waals surface area contributed by atoms with Crippen LogP contribution in [-0.2, 0) is 0 Å². The molecule has 2 N–H and O–H groups in total. The van der Waals surface area contributed by atoms with Crippen LogP contribution in [0.5, 0.6) is 0 Å². The van der Waals surface area contributed by atoms with Gasteiger partial charge in [-0.05, 0) is 32.9 Å². The van der Waals surface area contributed by atoms with Gasteiger partial charge in [-0.25, -0.2) is 19.3 Å². The second-order valence-corrected chi connectivity index (χ2v) is 5.59. The molecule has 1 aliphatic heterocycles. The number of rotatable bonds is 4. The third-order valence-electron chi connectivity index (χ3n) is 4.00. The Balaban J connectivity index is 1.61. The van der Waals surface area contributed by atoms with Crippen molar-refractivity contribution in [1.29, 1.82) is 0 Å². The van der Waals surface area contributed by atoms with Gasteiger partial charge in [0.05, 0.1) is 0 Å². The van der Waals surface area contributed by atoms with Gasteiger partial charge in [0, 0.05) is 19.2 Å². The number of aromatic nitrogens is 4. The average Bonchev–Trinajstić information content (AvgIpc) is 2.69. The molecule has 0 aliphatic carbocycles. The van der Waals surface area contributed by atoms with Crippen molar-refractivity contribution in [3.8, 4) is 0 Å². The molecule has 7 nitrogen and oxygen atoms in total. The smallest absolute Gasteiger partial charge is 0.349 e. The summed E-state index contributed by atoms with van der Waals surface area (Å²) in [6.07, 6.45) is 5.32. The number of nitrogens with one attached hydrogen (secondary N) is 2. The summed E-state index contributed by atoms with van der Waals surface area (Å²) < 4.78 is 1.47. The van der Waals surface area contributed by atoms with Crippen molar-refractivity contribution >= 4 is 11.5 Å². The number of aromatic amines is 1. The first-order valence-electron chi connectivity index (χ1n) is 7.65. The zero-order chi connectivity index (χ0) is 14.7. The van der Waals surface area contributed by atoms with E-state index in [1.54, 1.807) is 6.07 Å². The van der Waals surface area contributed by atoms with Gasteiger partial charge < -0.3 is 10.2 Å². The lowest BCUT2D eigenvalue weighted by molar-refractivity contribution is 0.296. The van der Waals surface area contributed by atoms with Crippen molar-refractivity contribution in [1.82, 2.24) is 24.5 Å². The second-order valence-electron chi connectivity index (χ2n) is 5.59. The number of anilines is 1. The summed E-state index contributed by atoms with van der Waals surface area (Å²) in [5.74, 6) is 1.41. The molecule has 0 bridgehead atoms. The number of aryl methyl sites for hydroxylation is 1. The zero-order valence-corrected chi connectivity index (χ0v) is 12.4. The minimum absolute atomic E-state index is 0.244. The maximum Gasteiger partial charge on any atom is 0.349 e. The van der Waals surface area contributed by atoms with Gasteiger partial charge in [-0.2, -0.15) is 5.10 Å². The lowest BCUT2D eigenvalue weighted by Gasteiger charge is -2.19. The molecule has 0 aromatic carbocycles. The summed E-state index contributed by atoms with van der Waals surface area (Å²) in [6.45, 7) is 6.09. The number of hydrogen-bond donors (Lipinski definition) is 2. The van der Waals surface area contributed by atoms with Crippen LogP contribution in [0.25, 0.3) is 5.65 Å². The fourth-order valence-corrected chi connectivity index (χ4v) is 2.89. The molecule has 2 aromatic rings. The Labute approximate surface area is 123 Å². The van der Waals surface area contributed by atoms with E-state index in [2.05, 4.69) is 25.4 Å². The van der Waals surface area contributed by atoms with E-state index in [0.717, 1.165) is 18.9 Å². The summed E-state index contributed by atoms with van der Waals surface area (Å²) >= 11 is 0. The quantitative estimate of drug-likeness (QED) is 0.879. The summed E-state index contributed by atoms with van der Waals surface area (Å²) in [7, 11) is 0. The van der Waals surface area contributed by atoms with Crippen molar-refractivity contribution in [2.24, 2.45) is 0 Å². The summed E-state index contributed by atoms with van der Waals surface area (Å²) in [5.41, 5.74) is 0.357. The van der Waals surface area contributed by atoms with Crippen LogP contribution in [0.2, 0.25) is 0 Å². The molecule has 3 rings (SSSR count). The van der Waals surface area contributed by atoms with E-state index in [1.807, 2.05) is 6.92 Å². The van der Waals surface area contributed by atoms with Crippen molar-refractivity contribution in [3.63, 3.8) is 0 Å². The molecular formula is C14H22N6O. The lowest BCUT2D eigenvalue weighted by Crippen LogP contribution is -2.30. The topological polar surface area (TPSA) is 78.3 Å². The van der Waals surface area contributed by atoms with Crippen molar-refractivity contribution in [2.45, 2.75) is 32.6 Å². The molecule has 21 heavy (non-hydrogen) atoms. The highest BCUT2D eigenvalue weighted by atomic mass is 16.1. The number of H-pyrrole nitrogens is 1. The standard InChI is InChI=1S/C14H22N6O/c1-11-16-12(10-13-17-18-14(21)20(11)13)15-6-9-19-7-4-2-3-5-8-19/h10,15H,2-9H2,1H3,(H,18,21). The van der Waals surface area contributed by atoms with Crippen LogP contribution in [0.1, 0.15) is 31.5 Å². The largest absolute Gasteiger partial charge is 0.369 e. The number of nitrogens with zero attached hydrogens (tertiary/aromatic N) is 4. The number of likely N-dealkylation sites (tertiary alicyclic amines) is 1. The Bertz CT molecular complexity index is 653. The molecule has 0 radical (unpaired) electrons. The maximum absolute atomic E-state index is 11.5. The first-order valence-corrected chi connectivity index (χ1v) is 7.65. The Morgan fingerprint density at radius 1 is 1.29 bits per heavy atom. The first kappa shape index (κ1) is 14.1. The van der Waals surface area contributed by atoms with E-state index in [-0.39, 0.29) is 5.69 Å². The maximum atomic E-state index is 11.5. The zero-order valence-electron chi connectivity index (χ0n) is 12.4. The van der Waals surface area contributed by atoms with Gasteiger partial charge in [-0.3, -0.25) is 0 Å². The molecule has 1 saturated heterocycles. The molecule has 0 spiro atoms. The monoisotopic (exact) mass is 290 g/mol. The fourth-order valence-electron chi connectivity index (χ4n) is 2.89. The molecule has 7 heteroatoms. The normalized spacial score (nSPS) is 17.0. The highest BCUT2D eigenvalue weighted by Gasteiger charge is 2.09. The Morgan fingerprint density at radius 2 is 2.05 bits per heavy atom. The van der Waals surface area contributed by atoms with Gasteiger partial charge in [0.25, 0.3) is 0 Å². The van der Waals surface area contributed by atoms with Crippen LogP contribution < -0.4 is 11.0 Å². The molecule has 0 saturated carbocycles. The average molecular weight is 290 g/mol. The van der Waals surface area contributed by atoms with Crippen LogP contribution in [0.4, 0.5) is 5.82 Å². The Kier molecular flexibility index (Phi) is 4.19. The fraction of sp³-hybridized carbons (Fsp3) is 0.643. The van der Waals surface area contributed by atoms with Crippen LogP contribution >= 0.6 is 0 Å². The molecule has 0 unspecified atom stereocenters. The van der Waals surface area contributed by atoms with Crippen LogP contribution in [0.15, 0.2) is 10.9 Å².